The number of carbonyl (C=O) groups excluding carboxylic acids is 1. The molecule has 1 amide bonds. The van der Waals surface area contributed by atoms with E-state index in [9.17, 15) is 4.79 Å². The number of hydrogen-bond donors (Lipinski definition) is 2. The lowest BCUT2D eigenvalue weighted by Crippen LogP contribution is -2.21. The summed E-state index contributed by atoms with van der Waals surface area (Å²) in [6, 6.07) is 1.89. The average molecular weight is 300 g/mol. The van der Waals surface area contributed by atoms with Gasteiger partial charge in [0.15, 0.2) is 0 Å². The molecule has 0 aliphatic heterocycles. The molecule has 94 valence electrons. The maximum absolute atomic E-state index is 11.7. The number of aromatic nitrogens is 1. The van der Waals surface area contributed by atoms with Crippen LogP contribution in [0.25, 0.3) is 0 Å². The molecule has 0 aromatic carbocycles. The maximum atomic E-state index is 11.7. The SMILES string of the molecule is CCC(CN)CC(=O)Nc1cnc(Br)c(C)c1. The van der Waals surface area contributed by atoms with Gasteiger partial charge >= 0.3 is 0 Å². The summed E-state index contributed by atoms with van der Waals surface area (Å²) < 4.78 is 0.795. The zero-order valence-corrected chi connectivity index (χ0v) is 11.8. The van der Waals surface area contributed by atoms with E-state index < -0.39 is 0 Å². The van der Waals surface area contributed by atoms with E-state index >= 15 is 0 Å². The highest BCUT2D eigenvalue weighted by Gasteiger charge is 2.11. The molecule has 1 unspecified atom stereocenters. The largest absolute Gasteiger partial charge is 0.330 e. The molecule has 0 saturated heterocycles. The third-order valence-electron chi connectivity index (χ3n) is 2.68. The first-order valence-electron chi connectivity index (χ1n) is 5.68. The van der Waals surface area contributed by atoms with Gasteiger partial charge in [0.2, 0.25) is 5.91 Å². The number of aryl methyl sites for hydroxylation is 1. The number of nitrogens with two attached hydrogens (primary N) is 1. The standard InChI is InChI=1S/C12H18BrN3O/c1-3-9(6-14)5-11(17)16-10-4-8(2)12(13)15-7-10/h4,7,9H,3,5-6,14H2,1-2H3,(H,16,17). The van der Waals surface area contributed by atoms with Crippen LogP contribution in [0.2, 0.25) is 0 Å². The second kappa shape index (κ2) is 6.71. The van der Waals surface area contributed by atoms with E-state index in [0.717, 1.165) is 22.3 Å². The van der Waals surface area contributed by atoms with Crippen LogP contribution in [0, 0.1) is 12.8 Å². The van der Waals surface area contributed by atoms with Crippen molar-refractivity contribution in [3.8, 4) is 0 Å². The molecular formula is C12H18BrN3O. The van der Waals surface area contributed by atoms with Gasteiger partial charge < -0.3 is 11.1 Å². The number of rotatable bonds is 5. The van der Waals surface area contributed by atoms with Gasteiger partial charge in [-0.3, -0.25) is 4.79 Å². The molecule has 1 heterocycles. The van der Waals surface area contributed by atoms with E-state index in [4.69, 9.17) is 5.73 Å². The van der Waals surface area contributed by atoms with Crippen molar-refractivity contribution < 1.29 is 4.79 Å². The molecule has 0 aliphatic rings. The number of amides is 1. The summed E-state index contributed by atoms with van der Waals surface area (Å²) in [7, 11) is 0. The smallest absolute Gasteiger partial charge is 0.224 e. The summed E-state index contributed by atoms with van der Waals surface area (Å²) in [5, 5.41) is 2.83. The fraction of sp³-hybridized carbons (Fsp3) is 0.500. The number of nitrogens with zero attached hydrogens (tertiary/aromatic N) is 1. The van der Waals surface area contributed by atoms with Gasteiger partial charge in [-0.25, -0.2) is 4.98 Å². The Kier molecular flexibility index (Phi) is 5.58. The highest BCUT2D eigenvalue weighted by atomic mass is 79.9. The number of carbonyl (C=O) groups is 1. The number of pyridine rings is 1. The summed E-state index contributed by atoms with van der Waals surface area (Å²) in [6.45, 7) is 4.51. The van der Waals surface area contributed by atoms with Gasteiger partial charge in [0.25, 0.3) is 0 Å². The Labute approximate surface area is 110 Å². The Morgan fingerprint density at radius 3 is 2.88 bits per heavy atom. The molecule has 1 atom stereocenters. The van der Waals surface area contributed by atoms with Crippen molar-refractivity contribution in [1.29, 1.82) is 0 Å². The van der Waals surface area contributed by atoms with E-state index in [-0.39, 0.29) is 11.8 Å². The topological polar surface area (TPSA) is 68.0 Å². The van der Waals surface area contributed by atoms with Crippen LogP contribution in [-0.4, -0.2) is 17.4 Å². The molecule has 0 spiro atoms. The minimum Gasteiger partial charge on any atom is -0.330 e. The number of nitrogens with one attached hydrogen (secondary N) is 1. The second-order valence-corrected chi connectivity index (χ2v) is 4.85. The Hall–Kier alpha value is -0.940. The molecule has 0 fully saturated rings. The molecule has 1 rings (SSSR count). The van der Waals surface area contributed by atoms with Gasteiger partial charge in [0.05, 0.1) is 11.9 Å². The van der Waals surface area contributed by atoms with Gasteiger partial charge in [-0.15, -0.1) is 0 Å². The van der Waals surface area contributed by atoms with Crippen molar-refractivity contribution in [3.63, 3.8) is 0 Å². The third-order valence-corrected chi connectivity index (χ3v) is 3.51. The molecule has 1 aromatic heterocycles. The Balaban J connectivity index is 2.58. The molecule has 17 heavy (non-hydrogen) atoms. The lowest BCUT2D eigenvalue weighted by atomic mass is 10.0. The van der Waals surface area contributed by atoms with E-state index in [0.29, 0.717) is 13.0 Å². The highest BCUT2D eigenvalue weighted by Crippen LogP contribution is 2.17. The summed E-state index contributed by atoms with van der Waals surface area (Å²) in [5.74, 6) is 0.241. The van der Waals surface area contributed by atoms with Gasteiger partial charge in [-0.1, -0.05) is 13.3 Å². The van der Waals surface area contributed by atoms with Crippen LogP contribution in [0.15, 0.2) is 16.9 Å². The molecule has 0 aliphatic carbocycles. The van der Waals surface area contributed by atoms with Gasteiger partial charge in [-0.2, -0.15) is 0 Å². The normalized spacial score (nSPS) is 12.2. The van der Waals surface area contributed by atoms with Crippen LogP contribution in [0.1, 0.15) is 25.3 Å². The molecule has 1 aromatic rings. The summed E-state index contributed by atoms with van der Waals surface area (Å²) in [4.78, 5) is 15.9. The zero-order valence-electron chi connectivity index (χ0n) is 10.2. The first-order valence-corrected chi connectivity index (χ1v) is 6.48. The molecule has 3 N–H and O–H groups in total. The van der Waals surface area contributed by atoms with Gasteiger partial charge in [-0.05, 0) is 46.9 Å². The van der Waals surface area contributed by atoms with Crippen LogP contribution in [0.4, 0.5) is 5.69 Å². The second-order valence-electron chi connectivity index (χ2n) is 4.09. The molecule has 0 saturated carbocycles. The van der Waals surface area contributed by atoms with Crippen LogP contribution in [-0.2, 0) is 4.79 Å². The van der Waals surface area contributed by atoms with Gasteiger partial charge in [0.1, 0.15) is 4.60 Å². The lowest BCUT2D eigenvalue weighted by molar-refractivity contribution is -0.117. The Morgan fingerprint density at radius 2 is 2.35 bits per heavy atom. The van der Waals surface area contributed by atoms with Crippen molar-refractivity contribution in [2.24, 2.45) is 11.7 Å². The average Bonchev–Trinajstić information content (AvgIpc) is 2.31. The van der Waals surface area contributed by atoms with Crippen molar-refractivity contribution in [2.75, 3.05) is 11.9 Å². The molecular weight excluding hydrogens is 282 g/mol. The van der Waals surface area contributed by atoms with Crippen molar-refractivity contribution in [2.45, 2.75) is 26.7 Å². The molecule has 0 radical (unpaired) electrons. The number of anilines is 1. The van der Waals surface area contributed by atoms with Crippen molar-refractivity contribution >= 4 is 27.5 Å². The minimum absolute atomic E-state index is 0.00850. The van der Waals surface area contributed by atoms with Gasteiger partial charge in [0, 0.05) is 6.42 Å². The van der Waals surface area contributed by atoms with E-state index in [1.54, 1.807) is 6.20 Å². The summed E-state index contributed by atoms with van der Waals surface area (Å²) >= 11 is 3.32. The molecule has 0 bridgehead atoms. The number of halogens is 1. The summed E-state index contributed by atoms with van der Waals surface area (Å²) in [5.41, 5.74) is 7.29. The minimum atomic E-state index is -0.00850. The fourth-order valence-electron chi connectivity index (χ4n) is 1.50. The van der Waals surface area contributed by atoms with E-state index in [1.807, 2.05) is 19.9 Å². The predicted molar refractivity (Wildman–Crippen MR) is 72.8 cm³/mol. The van der Waals surface area contributed by atoms with E-state index in [2.05, 4.69) is 26.2 Å². The van der Waals surface area contributed by atoms with Crippen LogP contribution in [0.5, 0.6) is 0 Å². The van der Waals surface area contributed by atoms with Crippen LogP contribution in [0.3, 0.4) is 0 Å². The summed E-state index contributed by atoms with van der Waals surface area (Å²) in [6.07, 6.45) is 3.02. The molecule has 5 heteroatoms. The monoisotopic (exact) mass is 299 g/mol. The maximum Gasteiger partial charge on any atom is 0.224 e. The quantitative estimate of drug-likeness (QED) is 0.821. The van der Waals surface area contributed by atoms with Crippen LogP contribution >= 0.6 is 15.9 Å². The highest BCUT2D eigenvalue weighted by molar-refractivity contribution is 9.10. The van der Waals surface area contributed by atoms with Crippen molar-refractivity contribution in [1.82, 2.24) is 4.98 Å². The zero-order chi connectivity index (χ0) is 12.8. The van der Waals surface area contributed by atoms with E-state index in [1.165, 1.54) is 0 Å². The number of hydrogen-bond acceptors (Lipinski definition) is 3. The Morgan fingerprint density at radius 1 is 1.65 bits per heavy atom. The first-order chi connectivity index (χ1) is 8.06. The predicted octanol–water partition coefficient (Wildman–Crippen LogP) is 2.47. The Bertz CT molecular complexity index is 391. The fourth-order valence-corrected chi connectivity index (χ4v) is 1.71. The third kappa shape index (κ3) is 4.44. The lowest BCUT2D eigenvalue weighted by Gasteiger charge is -2.12. The molecule has 4 nitrogen and oxygen atoms in total. The van der Waals surface area contributed by atoms with Crippen LogP contribution < -0.4 is 11.1 Å². The van der Waals surface area contributed by atoms with Crippen molar-refractivity contribution in [3.05, 3.63) is 22.4 Å². The first kappa shape index (κ1) is 14.1.